The number of hydrogen-bond donors (Lipinski definition) is 0. The van der Waals surface area contributed by atoms with E-state index in [1.54, 1.807) is 23.9 Å². The van der Waals surface area contributed by atoms with Crippen LogP contribution in [0, 0.1) is 12.3 Å². The van der Waals surface area contributed by atoms with E-state index in [9.17, 15) is 13.2 Å². The Labute approximate surface area is 188 Å². The lowest BCUT2D eigenvalue weighted by Gasteiger charge is -2.16. The van der Waals surface area contributed by atoms with E-state index in [4.69, 9.17) is 4.42 Å². The lowest BCUT2D eigenvalue weighted by molar-refractivity contribution is -0.137. The van der Waals surface area contributed by atoms with Crippen LogP contribution >= 0.6 is 11.8 Å². The average molecular weight is 464 g/mol. The molecule has 32 heavy (non-hydrogen) atoms. The van der Waals surface area contributed by atoms with Crippen LogP contribution < -0.4 is 0 Å². The van der Waals surface area contributed by atoms with Gasteiger partial charge in [0.05, 0.1) is 11.3 Å². The fourth-order valence-electron chi connectivity index (χ4n) is 4.77. The van der Waals surface area contributed by atoms with Crippen LogP contribution in [0.4, 0.5) is 13.2 Å². The molecule has 2 aliphatic rings. The van der Waals surface area contributed by atoms with Crippen molar-refractivity contribution in [3.63, 3.8) is 0 Å². The van der Waals surface area contributed by atoms with Crippen molar-refractivity contribution < 1.29 is 17.6 Å². The van der Waals surface area contributed by atoms with Gasteiger partial charge in [-0.2, -0.15) is 13.2 Å². The van der Waals surface area contributed by atoms with Crippen molar-refractivity contribution in [3.05, 3.63) is 47.5 Å². The van der Waals surface area contributed by atoms with Gasteiger partial charge in [-0.25, -0.2) is 4.98 Å². The van der Waals surface area contributed by atoms with Crippen LogP contribution in [-0.2, 0) is 13.2 Å². The van der Waals surface area contributed by atoms with Crippen LogP contribution in [0.1, 0.15) is 35.6 Å². The van der Waals surface area contributed by atoms with E-state index in [0.717, 1.165) is 54.6 Å². The van der Waals surface area contributed by atoms with Crippen LogP contribution in [0.3, 0.4) is 0 Å². The molecular weight excluding hydrogens is 439 g/mol. The minimum atomic E-state index is -4.28. The van der Waals surface area contributed by atoms with Gasteiger partial charge in [0.2, 0.25) is 5.82 Å². The predicted molar refractivity (Wildman–Crippen MR) is 114 cm³/mol. The Balaban J connectivity index is 1.14. The molecule has 1 unspecified atom stereocenters. The zero-order valence-corrected chi connectivity index (χ0v) is 18.7. The van der Waals surface area contributed by atoms with E-state index in [2.05, 4.69) is 20.1 Å². The highest BCUT2D eigenvalue weighted by molar-refractivity contribution is 7.99. The lowest BCUT2D eigenvalue weighted by atomic mass is 9.97. The number of hydrogen-bond acceptors (Lipinski definition) is 6. The van der Waals surface area contributed by atoms with Gasteiger partial charge in [-0.1, -0.05) is 23.9 Å². The normalized spacial score (nSPS) is 23.3. The summed E-state index contributed by atoms with van der Waals surface area (Å²) < 4.78 is 45.8. The molecule has 5 rings (SSSR count). The van der Waals surface area contributed by atoms with Crippen molar-refractivity contribution in [2.24, 2.45) is 12.5 Å². The number of thioether (sulfide) groups is 1. The van der Waals surface area contributed by atoms with Gasteiger partial charge in [0.15, 0.2) is 17.3 Å². The summed E-state index contributed by atoms with van der Waals surface area (Å²) in [5.74, 6) is 2.56. The number of aromatic nitrogens is 4. The Kier molecular flexibility index (Phi) is 5.32. The molecule has 2 aromatic heterocycles. The fraction of sp³-hybridized carbons (Fsp3) is 0.500. The fourth-order valence-corrected chi connectivity index (χ4v) is 5.68. The molecule has 1 aliphatic carbocycles. The van der Waals surface area contributed by atoms with E-state index in [0.29, 0.717) is 17.5 Å². The molecule has 1 saturated heterocycles. The molecule has 0 radical (unpaired) electrons. The Bertz CT molecular complexity index is 1110. The third kappa shape index (κ3) is 3.94. The molecule has 1 aliphatic heterocycles. The SMILES string of the molecule is Cc1ncoc1-c1nnc(SCCN2CCC3(C[C@@H]3c3ccc(C(F)(F)F)cc3)C2)n1C. The number of benzene rings is 1. The van der Waals surface area contributed by atoms with Gasteiger partial charge >= 0.3 is 6.18 Å². The van der Waals surface area contributed by atoms with Gasteiger partial charge in [-0.15, -0.1) is 10.2 Å². The van der Waals surface area contributed by atoms with Crippen LogP contribution in [-0.4, -0.2) is 50.0 Å². The number of oxazole rings is 1. The van der Waals surface area contributed by atoms with Crippen molar-refractivity contribution in [2.45, 2.75) is 37.0 Å². The van der Waals surface area contributed by atoms with Gasteiger partial charge in [-0.3, -0.25) is 0 Å². The first-order chi connectivity index (χ1) is 15.3. The second kappa shape index (κ2) is 7.91. The molecule has 2 fully saturated rings. The number of likely N-dealkylation sites (tertiary alicyclic amines) is 1. The van der Waals surface area contributed by atoms with Crippen molar-refractivity contribution in [1.29, 1.82) is 0 Å². The molecule has 0 bridgehead atoms. The first-order valence-electron chi connectivity index (χ1n) is 10.6. The van der Waals surface area contributed by atoms with Gasteiger partial charge < -0.3 is 13.9 Å². The zero-order chi connectivity index (χ0) is 22.5. The molecule has 3 aromatic rings. The Hall–Kier alpha value is -2.33. The minimum Gasteiger partial charge on any atom is -0.440 e. The van der Waals surface area contributed by atoms with Crippen molar-refractivity contribution in [2.75, 3.05) is 25.4 Å². The molecule has 0 amide bonds. The van der Waals surface area contributed by atoms with Gasteiger partial charge in [0.25, 0.3) is 0 Å². The highest BCUT2D eigenvalue weighted by Crippen LogP contribution is 2.64. The van der Waals surface area contributed by atoms with Crippen LogP contribution in [0.5, 0.6) is 0 Å². The van der Waals surface area contributed by atoms with E-state index < -0.39 is 11.7 Å². The highest BCUT2D eigenvalue weighted by Gasteiger charge is 2.57. The summed E-state index contributed by atoms with van der Waals surface area (Å²) in [6, 6.07) is 5.73. The second-order valence-electron chi connectivity index (χ2n) is 8.75. The maximum absolute atomic E-state index is 12.8. The summed E-state index contributed by atoms with van der Waals surface area (Å²) >= 11 is 1.66. The minimum absolute atomic E-state index is 0.228. The number of nitrogens with zero attached hydrogens (tertiary/aromatic N) is 5. The topological polar surface area (TPSA) is 60.0 Å². The molecule has 1 aromatic carbocycles. The Morgan fingerprint density at radius 1 is 1.22 bits per heavy atom. The van der Waals surface area contributed by atoms with Crippen molar-refractivity contribution >= 4 is 11.8 Å². The molecule has 170 valence electrons. The van der Waals surface area contributed by atoms with E-state index >= 15 is 0 Å². The summed E-state index contributed by atoms with van der Waals surface area (Å²) in [6.07, 6.45) is -0.711. The molecule has 6 nitrogen and oxygen atoms in total. The smallest absolute Gasteiger partial charge is 0.416 e. The number of alkyl halides is 3. The number of rotatable bonds is 6. The molecule has 1 spiro atoms. The summed E-state index contributed by atoms with van der Waals surface area (Å²) in [6.45, 7) is 4.84. The largest absolute Gasteiger partial charge is 0.440 e. The van der Waals surface area contributed by atoms with Crippen LogP contribution in [0.25, 0.3) is 11.6 Å². The zero-order valence-electron chi connectivity index (χ0n) is 17.9. The summed E-state index contributed by atoms with van der Waals surface area (Å²) in [5, 5.41) is 9.36. The molecule has 10 heteroatoms. The molecular formula is C22H24F3N5OS. The first-order valence-corrected chi connectivity index (χ1v) is 11.6. The van der Waals surface area contributed by atoms with E-state index in [1.165, 1.54) is 18.5 Å². The van der Waals surface area contributed by atoms with Crippen molar-refractivity contribution in [1.82, 2.24) is 24.6 Å². The average Bonchev–Trinajstić information content (AvgIpc) is 3.02. The molecule has 2 atom stereocenters. The summed E-state index contributed by atoms with van der Waals surface area (Å²) in [7, 11) is 1.92. The standard InChI is InChI=1S/C22H24F3N5OS/c1-14-18(31-13-26-14)19-27-28-20(29(19)2)32-10-9-30-8-7-21(12-30)11-17(21)15-3-5-16(6-4-15)22(23,24)25/h3-6,13,17H,7-12H2,1-2H3/t17-,21?/m1/s1. The molecule has 0 N–H and O–H groups in total. The van der Waals surface area contributed by atoms with Gasteiger partial charge in [0.1, 0.15) is 0 Å². The second-order valence-corrected chi connectivity index (χ2v) is 9.81. The number of halogens is 3. The third-order valence-electron chi connectivity index (χ3n) is 6.72. The van der Waals surface area contributed by atoms with Crippen LogP contribution in [0.15, 0.2) is 40.2 Å². The highest BCUT2D eigenvalue weighted by atomic mass is 32.2. The van der Waals surface area contributed by atoms with E-state index in [1.807, 2.05) is 18.5 Å². The Morgan fingerprint density at radius 2 is 2.00 bits per heavy atom. The number of aryl methyl sites for hydroxylation is 1. The maximum Gasteiger partial charge on any atom is 0.416 e. The molecule has 1 saturated carbocycles. The van der Waals surface area contributed by atoms with Crippen molar-refractivity contribution in [3.8, 4) is 11.6 Å². The lowest BCUT2D eigenvalue weighted by Crippen LogP contribution is -2.24. The van der Waals surface area contributed by atoms with Crippen LogP contribution in [0.2, 0.25) is 0 Å². The first kappa shape index (κ1) is 21.5. The van der Waals surface area contributed by atoms with Gasteiger partial charge in [0, 0.05) is 25.9 Å². The van der Waals surface area contributed by atoms with Gasteiger partial charge in [-0.05, 0) is 55.3 Å². The van der Waals surface area contributed by atoms with E-state index in [-0.39, 0.29) is 5.41 Å². The predicted octanol–water partition coefficient (Wildman–Crippen LogP) is 4.77. The third-order valence-corrected chi connectivity index (χ3v) is 7.72. The Morgan fingerprint density at radius 3 is 2.69 bits per heavy atom. The maximum atomic E-state index is 12.8. The monoisotopic (exact) mass is 463 g/mol. The quantitative estimate of drug-likeness (QED) is 0.491. The molecule has 3 heterocycles. The summed E-state index contributed by atoms with van der Waals surface area (Å²) in [5.41, 5.74) is 1.47. The summed E-state index contributed by atoms with van der Waals surface area (Å²) in [4.78, 5) is 6.56.